The number of Topliss-reactive ketones (excluding diaryl/α,β-unsaturated/α-hetero) is 1. The van der Waals surface area contributed by atoms with E-state index in [0.29, 0.717) is 18.2 Å². The average Bonchev–Trinajstić information content (AvgIpc) is 3.10. The topological polar surface area (TPSA) is 58.2 Å². The molecular weight excluding hydrogens is 324 g/mol. The molecule has 0 bridgehead atoms. The van der Waals surface area contributed by atoms with E-state index in [1.54, 1.807) is 0 Å². The third kappa shape index (κ3) is 7.02. The summed E-state index contributed by atoms with van der Waals surface area (Å²) in [6.45, 7) is 3.87. The second-order valence-electron chi connectivity index (χ2n) is 6.32. The predicted octanol–water partition coefficient (Wildman–Crippen LogP) is 3.28. The molecular formula is C19H29ClN2O2. The Balaban J connectivity index is 0.00000288. The molecule has 1 aliphatic heterocycles. The van der Waals surface area contributed by atoms with Crippen molar-refractivity contribution in [3.05, 3.63) is 35.4 Å². The Kier molecular flexibility index (Phi) is 9.65. The number of unbranched alkanes of at least 4 members (excludes halogenated alkanes) is 1. The molecule has 0 radical (unpaired) electrons. The van der Waals surface area contributed by atoms with Gasteiger partial charge in [-0.05, 0) is 37.8 Å². The molecule has 2 rings (SSSR count). The highest BCUT2D eigenvalue weighted by molar-refractivity contribution is 5.97. The van der Waals surface area contributed by atoms with Gasteiger partial charge in [-0.25, -0.2) is 0 Å². The van der Waals surface area contributed by atoms with Crippen LogP contribution in [-0.4, -0.2) is 30.8 Å². The van der Waals surface area contributed by atoms with Gasteiger partial charge < -0.3 is 10.6 Å². The van der Waals surface area contributed by atoms with Crippen LogP contribution >= 0.6 is 12.4 Å². The van der Waals surface area contributed by atoms with Gasteiger partial charge in [-0.1, -0.05) is 37.6 Å². The molecule has 2 N–H and O–H groups in total. The highest BCUT2D eigenvalue weighted by Gasteiger charge is 2.15. The molecule has 1 unspecified atom stereocenters. The minimum Gasteiger partial charge on any atom is -0.355 e. The van der Waals surface area contributed by atoms with Crippen molar-refractivity contribution in [3.63, 3.8) is 0 Å². The van der Waals surface area contributed by atoms with Crippen LogP contribution < -0.4 is 10.6 Å². The maximum absolute atomic E-state index is 12.1. The molecule has 1 amide bonds. The Hall–Kier alpha value is -1.39. The lowest BCUT2D eigenvalue weighted by atomic mass is 10.0. The highest BCUT2D eigenvalue weighted by Crippen LogP contribution is 2.11. The van der Waals surface area contributed by atoms with Gasteiger partial charge in [0.25, 0.3) is 0 Å². The van der Waals surface area contributed by atoms with E-state index in [-0.39, 0.29) is 36.9 Å². The largest absolute Gasteiger partial charge is 0.355 e. The number of halogens is 1. The normalized spacial score (nSPS) is 16.5. The standard InChI is InChI=1S/C19H28N2O2.ClH/c1-2-3-5-15-7-9-16(10-8-15)18(22)11-12-19(23)21-14-17-6-4-13-20-17;/h7-10,17,20H,2-6,11-14H2,1H3,(H,21,23);1H. The molecule has 4 nitrogen and oxygen atoms in total. The van der Waals surface area contributed by atoms with Crippen LogP contribution in [0.25, 0.3) is 0 Å². The van der Waals surface area contributed by atoms with Crippen LogP contribution in [0.1, 0.15) is 61.4 Å². The third-order valence-electron chi connectivity index (χ3n) is 4.38. The van der Waals surface area contributed by atoms with E-state index in [1.165, 1.54) is 24.8 Å². The maximum Gasteiger partial charge on any atom is 0.220 e. The number of benzene rings is 1. The maximum atomic E-state index is 12.1. The number of rotatable bonds is 9. The Labute approximate surface area is 151 Å². The van der Waals surface area contributed by atoms with Gasteiger partial charge in [-0.15, -0.1) is 12.4 Å². The second kappa shape index (κ2) is 11.2. The molecule has 134 valence electrons. The van der Waals surface area contributed by atoms with Crippen molar-refractivity contribution in [3.8, 4) is 0 Å². The number of hydrogen-bond acceptors (Lipinski definition) is 3. The third-order valence-corrected chi connectivity index (χ3v) is 4.38. The number of carbonyl (C=O) groups excluding carboxylic acids is 2. The summed E-state index contributed by atoms with van der Waals surface area (Å²) in [7, 11) is 0. The average molecular weight is 353 g/mol. The molecule has 1 atom stereocenters. The first-order chi connectivity index (χ1) is 11.2. The van der Waals surface area contributed by atoms with Crippen molar-refractivity contribution in [1.82, 2.24) is 10.6 Å². The van der Waals surface area contributed by atoms with E-state index in [1.807, 2.05) is 24.3 Å². The summed E-state index contributed by atoms with van der Waals surface area (Å²) in [6.07, 6.45) is 6.23. The van der Waals surface area contributed by atoms with Gasteiger partial charge in [-0.3, -0.25) is 9.59 Å². The molecule has 1 fully saturated rings. The summed E-state index contributed by atoms with van der Waals surface area (Å²) in [6, 6.07) is 8.20. The fourth-order valence-corrected chi connectivity index (χ4v) is 2.87. The zero-order valence-corrected chi connectivity index (χ0v) is 15.3. The molecule has 24 heavy (non-hydrogen) atoms. The number of hydrogen-bond donors (Lipinski definition) is 2. The first kappa shape index (κ1) is 20.7. The molecule has 0 aliphatic carbocycles. The fraction of sp³-hybridized carbons (Fsp3) is 0.579. The van der Waals surface area contributed by atoms with Crippen molar-refractivity contribution in [2.24, 2.45) is 0 Å². The Bertz CT molecular complexity index is 511. The van der Waals surface area contributed by atoms with Crippen molar-refractivity contribution >= 4 is 24.1 Å². The summed E-state index contributed by atoms with van der Waals surface area (Å²) in [5.41, 5.74) is 1.97. The lowest BCUT2D eigenvalue weighted by Gasteiger charge is -2.11. The van der Waals surface area contributed by atoms with Crippen LogP contribution in [0.2, 0.25) is 0 Å². The monoisotopic (exact) mass is 352 g/mol. The van der Waals surface area contributed by atoms with Crippen LogP contribution in [0, 0.1) is 0 Å². The van der Waals surface area contributed by atoms with Crippen LogP contribution in [0.3, 0.4) is 0 Å². The molecule has 1 aromatic carbocycles. The van der Waals surface area contributed by atoms with Gasteiger partial charge in [0.2, 0.25) is 5.91 Å². The van der Waals surface area contributed by atoms with Gasteiger partial charge in [0, 0.05) is 31.0 Å². The van der Waals surface area contributed by atoms with Gasteiger partial charge in [-0.2, -0.15) is 0 Å². The van der Waals surface area contributed by atoms with E-state index < -0.39 is 0 Å². The molecule has 1 saturated heterocycles. The number of carbonyl (C=O) groups is 2. The number of nitrogens with one attached hydrogen (secondary N) is 2. The molecule has 0 saturated carbocycles. The quantitative estimate of drug-likeness (QED) is 0.670. The van der Waals surface area contributed by atoms with Crippen molar-refractivity contribution in [2.45, 2.75) is 57.9 Å². The first-order valence-corrected chi connectivity index (χ1v) is 8.81. The number of aryl methyl sites for hydroxylation is 1. The van der Waals surface area contributed by atoms with Gasteiger partial charge in [0.15, 0.2) is 5.78 Å². The summed E-state index contributed by atoms with van der Waals surface area (Å²) in [4.78, 5) is 24.0. The van der Waals surface area contributed by atoms with Gasteiger partial charge in [0.05, 0.1) is 0 Å². The minimum atomic E-state index is -0.0355. The molecule has 5 heteroatoms. The van der Waals surface area contributed by atoms with Gasteiger partial charge >= 0.3 is 0 Å². The van der Waals surface area contributed by atoms with E-state index in [9.17, 15) is 9.59 Å². The predicted molar refractivity (Wildman–Crippen MR) is 99.9 cm³/mol. The zero-order valence-electron chi connectivity index (χ0n) is 14.5. The number of ketones is 1. The SMILES string of the molecule is CCCCc1ccc(C(=O)CCC(=O)NCC2CCCN2)cc1.Cl. The molecule has 1 aromatic rings. The van der Waals surface area contributed by atoms with Crippen LogP contribution in [0.15, 0.2) is 24.3 Å². The lowest BCUT2D eigenvalue weighted by molar-refractivity contribution is -0.121. The van der Waals surface area contributed by atoms with Crippen molar-refractivity contribution in [2.75, 3.05) is 13.1 Å². The summed E-state index contributed by atoms with van der Waals surface area (Å²) in [5, 5.41) is 6.25. The summed E-state index contributed by atoms with van der Waals surface area (Å²) >= 11 is 0. The van der Waals surface area contributed by atoms with Crippen LogP contribution in [0.4, 0.5) is 0 Å². The Morgan fingerprint density at radius 1 is 1.21 bits per heavy atom. The van der Waals surface area contributed by atoms with Crippen LogP contribution in [-0.2, 0) is 11.2 Å². The summed E-state index contributed by atoms with van der Waals surface area (Å²) < 4.78 is 0. The number of amides is 1. The molecule has 1 heterocycles. The Morgan fingerprint density at radius 3 is 2.58 bits per heavy atom. The summed E-state index contributed by atoms with van der Waals surface area (Å²) in [5.74, 6) is 0.00722. The van der Waals surface area contributed by atoms with E-state index >= 15 is 0 Å². The zero-order chi connectivity index (χ0) is 16.5. The highest BCUT2D eigenvalue weighted by atomic mass is 35.5. The van der Waals surface area contributed by atoms with Crippen molar-refractivity contribution < 1.29 is 9.59 Å². The lowest BCUT2D eigenvalue weighted by Crippen LogP contribution is -2.37. The van der Waals surface area contributed by atoms with E-state index in [0.717, 1.165) is 19.4 Å². The van der Waals surface area contributed by atoms with Gasteiger partial charge in [0.1, 0.15) is 0 Å². The Morgan fingerprint density at radius 2 is 1.96 bits per heavy atom. The fourth-order valence-electron chi connectivity index (χ4n) is 2.87. The van der Waals surface area contributed by atoms with Crippen LogP contribution in [0.5, 0.6) is 0 Å². The van der Waals surface area contributed by atoms with Crippen molar-refractivity contribution in [1.29, 1.82) is 0 Å². The van der Waals surface area contributed by atoms with E-state index in [2.05, 4.69) is 17.6 Å². The second-order valence-corrected chi connectivity index (χ2v) is 6.32. The van der Waals surface area contributed by atoms with E-state index in [4.69, 9.17) is 0 Å². The first-order valence-electron chi connectivity index (χ1n) is 8.81. The molecule has 1 aliphatic rings. The molecule has 0 spiro atoms. The smallest absolute Gasteiger partial charge is 0.220 e. The minimum absolute atomic E-state index is 0. The molecule has 0 aromatic heterocycles.